The summed E-state index contributed by atoms with van der Waals surface area (Å²) in [5.74, 6) is 0.829. The molecule has 0 aliphatic heterocycles. The number of hydrogen-bond donors (Lipinski definition) is 2. The molecular weight excluding hydrogens is 358 g/mol. The average molecular weight is 383 g/mol. The van der Waals surface area contributed by atoms with E-state index in [4.69, 9.17) is 10.5 Å². The molecular formula is C25H25N3O. The first-order valence-electron chi connectivity index (χ1n) is 9.80. The van der Waals surface area contributed by atoms with Crippen molar-refractivity contribution in [3.05, 3.63) is 90.6 Å². The van der Waals surface area contributed by atoms with Gasteiger partial charge in [-0.25, -0.2) is 0 Å². The summed E-state index contributed by atoms with van der Waals surface area (Å²) in [6, 6.07) is 26.4. The second kappa shape index (κ2) is 8.33. The van der Waals surface area contributed by atoms with Gasteiger partial charge in [0.05, 0.1) is 5.52 Å². The fraction of sp³-hybridized carbons (Fsp3) is 0.160. The van der Waals surface area contributed by atoms with Gasteiger partial charge in [0.1, 0.15) is 11.9 Å². The Labute approximate surface area is 171 Å². The van der Waals surface area contributed by atoms with Crippen LogP contribution in [-0.2, 0) is 0 Å². The topological polar surface area (TPSA) is 60.2 Å². The van der Waals surface area contributed by atoms with E-state index in [-0.39, 0.29) is 12.1 Å². The molecule has 0 aliphatic rings. The fourth-order valence-corrected chi connectivity index (χ4v) is 3.57. The first kappa shape index (κ1) is 19.0. The number of benzene rings is 3. The molecule has 3 N–H and O–H groups in total. The maximum atomic E-state index is 6.63. The summed E-state index contributed by atoms with van der Waals surface area (Å²) in [7, 11) is 1.96. The van der Waals surface area contributed by atoms with Gasteiger partial charge in [-0.3, -0.25) is 4.98 Å². The number of rotatable bonds is 6. The van der Waals surface area contributed by atoms with E-state index in [1.165, 1.54) is 0 Å². The first-order valence-corrected chi connectivity index (χ1v) is 9.80. The van der Waals surface area contributed by atoms with Crippen molar-refractivity contribution < 1.29 is 4.74 Å². The smallest absolute Gasteiger partial charge is 0.139 e. The second-order valence-electron chi connectivity index (χ2n) is 7.15. The van der Waals surface area contributed by atoms with Gasteiger partial charge in [0.25, 0.3) is 0 Å². The Morgan fingerprint density at radius 2 is 1.62 bits per heavy atom. The number of ether oxygens (including phenoxy) is 1. The molecule has 4 heteroatoms. The van der Waals surface area contributed by atoms with Crippen molar-refractivity contribution in [3.8, 4) is 16.9 Å². The summed E-state index contributed by atoms with van der Waals surface area (Å²) < 4.78 is 6.63. The van der Waals surface area contributed by atoms with Crippen LogP contribution in [0.3, 0.4) is 0 Å². The second-order valence-corrected chi connectivity index (χ2v) is 7.15. The highest BCUT2D eigenvalue weighted by atomic mass is 16.5. The molecule has 0 aliphatic carbocycles. The van der Waals surface area contributed by atoms with Crippen LogP contribution in [0.5, 0.6) is 5.75 Å². The maximum absolute atomic E-state index is 6.63. The summed E-state index contributed by atoms with van der Waals surface area (Å²) >= 11 is 0. The van der Waals surface area contributed by atoms with Crippen LogP contribution in [-0.4, -0.2) is 18.1 Å². The minimum atomic E-state index is -0.181. The number of hydrogen-bond acceptors (Lipinski definition) is 4. The molecule has 2 atom stereocenters. The van der Waals surface area contributed by atoms with Crippen molar-refractivity contribution in [2.45, 2.75) is 19.1 Å². The van der Waals surface area contributed by atoms with E-state index in [9.17, 15) is 0 Å². The van der Waals surface area contributed by atoms with Gasteiger partial charge in [0.15, 0.2) is 0 Å². The molecule has 0 spiro atoms. The highest BCUT2D eigenvalue weighted by molar-refractivity contribution is 5.84. The van der Waals surface area contributed by atoms with Crippen molar-refractivity contribution in [3.63, 3.8) is 0 Å². The Morgan fingerprint density at radius 1 is 0.897 bits per heavy atom. The molecule has 0 amide bonds. The Hall–Kier alpha value is -3.37. The quantitative estimate of drug-likeness (QED) is 0.449. The molecule has 0 fully saturated rings. The number of nitrogen functional groups attached to an aromatic ring is 1. The third kappa shape index (κ3) is 3.93. The number of nitrogens with one attached hydrogen (secondary N) is 1. The number of aromatic nitrogens is 1. The number of para-hydroxylation sites is 1. The van der Waals surface area contributed by atoms with E-state index in [0.29, 0.717) is 0 Å². The zero-order chi connectivity index (χ0) is 20.2. The third-order valence-corrected chi connectivity index (χ3v) is 5.26. The molecule has 0 saturated heterocycles. The van der Waals surface area contributed by atoms with Crippen LogP contribution in [0.15, 0.2) is 85.1 Å². The number of pyridine rings is 1. The minimum absolute atomic E-state index is 0.0943. The van der Waals surface area contributed by atoms with E-state index in [2.05, 4.69) is 53.6 Å². The highest BCUT2D eigenvalue weighted by Gasteiger charge is 2.24. The average Bonchev–Trinajstić information content (AvgIpc) is 2.77. The van der Waals surface area contributed by atoms with Crippen LogP contribution < -0.4 is 15.8 Å². The SMILES string of the molecule is CNC(C)C(Oc1ccnc2ccccc12)c1ccccc1-c1ccc(N)cc1. The molecule has 29 heavy (non-hydrogen) atoms. The molecule has 4 nitrogen and oxygen atoms in total. The molecule has 1 heterocycles. The molecule has 0 saturated carbocycles. The summed E-state index contributed by atoms with van der Waals surface area (Å²) in [5.41, 5.74) is 10.9. The van der Waals surface area contributed by atoms with Crippen LogP contribution in [0.2, 0.25) is 0 Å². The van der Waals surface area contributed by atoms with E-state index < -0.39 is 0 Å². The van der Waals surface area contributed by atoms with Gasteiger partial charge in [-0.15, -0.1) is 0 Å². The van der Waals surface area contributed by atoms with Crippen LogP contribution in [0.4, 0.5) is 5.69 Å². The van der Waals surface area contributed by atoms with E-state index in [1.54, 1.807) is 6.20 Å². The van der Waals surface area contributed by atoms with E-state index in [1.807, 2.05) is 49.5 Å². The van der Waals surface area contributed by atoms with Gasteiger partial charge in [-0.1, -0.05) is 48.5 Å². The van der Waals surface area contributed by atoms with Crippen LogP contribution in [0, 0.1) is 0 Å². The Balaban J connectivity index is 1.80. The fourth-order valence-electron chi connectivity index (χ4n) is 3.57. The van der Waals surface area contributed by atoms with Crippen molar-refractivity contribution in [2.75, 3.05) is 12.8 Å². The molecule has 4 rings (SSSR count). The number of fused-ring (bicyclic) bond motifs is 1. The molecule has 1 aromatic heterocycles. The lowest BCUT2D eigenvalue weighted by atomic mass is 9.93. The van der Waals surface area contributed by atoms with Gasteiger partial charge in [0, 0.05) is 28.9 Å². The predicted molar refractivity (Wildman–Crippen MR) is 120 cm³/mol. The van der Waals surface area contributed by atoms with Gasteiger partial charge in [-0.2, -0.15) is 0 Å². The van der Waals surface area contributed by atoms with E-state index in [0.717, 1.165) is 39.0 Å². The van der Waals surface area contributed by atoms with Gasteiger partial charge < -0.3 is 15.8 Å². The summed E-state index contributed by atoms with van der Waals surface area (Å²) in [6.07, 6.45) is 1.62. The van der Waals surface area contributed by atoms with Gasteiger partial charge in [-0.05, 0) is 55.4 Å². The molecule has 4 aromatic rings. The Bertz CT molecular complexity index is 1100. The summed E-state index contributed by atoms with van der Waals surface area (Å²) in [6.45, 7) is 2.13. The Morgan fingerprint density at radius 3 is 2.41 bits per heavy atom. The maximum Gasteiger partial charge on any atom is 0.139 e. The van der Waals surface area contributed by atoms with E-state index >= 15 is 0 Å². The minimum Gasteiger partial charge on any atom is -0.483 e. The number of anilines is 1. The molecule has 146 valence electrons. The zero-order valence-electron chi connectivity index (χ0n) is 16.7. The highest BCUT2D eigenvalue weighted by Crippen LogP contribution is 2.35. The van der Waals surface area contributed by atoms with Gasteiger partial charge >= 0.3 is 0 Å². The van der Waals surface area contributed by atoms with Crippen molar-refractivity contribution >= 4 is 16.6 Å². The number of nitrogens with two attached hydrogens (primary N) is 1. The van der Waals surface area contributed by atoms with Crippen LogP contribution in [0.1, 0.15) is 18.6 Å². The predicted octanol–water partition coefficient (Wildman–Crippen LogP) is 5.21. The lowest BCUT2D eigenvalue weighted by molar-refractivity contribution is 0.169. The number of nitrogens with zero attached hydrogens (tertiary/aromatic N) is 1. The number of likely N-dealkylation sites (N-methyl/N-ethyl adjacent to an activating group) is 1. The monoisotopic (exact) mass is 383 g/mol. The molecule has 0 radical (unpaired) electrons. The van der Waals surface area contributed by atoms with Crippen LogP contribution in [0.25, 0.3) is 22.0 Å². The van der Waals surface area contributed by atoms with Crippen molar-refractivity contribution in [2.24, 2.45) is 0 Å². The van der Waals surface area contributed by atoms with Gasteiger partial charge in [0.2, 0.25) is 0 Å². The lowest BCUT2D eigenvalue weighted by Gasteiger charge is -2.28. The normalized spacial score (nSPS) is 13.2. The van der Waals surface area contributed by atoms with Crippen molar-refractivity contribution in [1.82, 2.24) is 10.3 Å². The zero-order valence-corrected chi connectivity index (χ0v) is 16.7. The Kier molecular flexibility index (Phi) is 5.45. The van der Waals surface area contributed by atoms with Crippen LogP contribution >= 0.6 is 0 Å². The summed E-state index contributed by atoms with van der Waals surface area (Å²) in [5, 5.41) is 4.37. The standard InChI is InChI=1S/C25H25N3O/c1-17(27-2)25(29-24-15-16-28-23-10-6-5-9-22(23)24)21-8-4-3-7-20(21)18-11-13-19(26)14-12-18/h3-17,25,27H,26H2,1-2H3. The molecule has 3 aromatic carbocycles. The molecule has 2 unspecified atom stereocenters. The molecule has 0 bridgehead atoms. The summed E-state index contributed by atoms with van der Waals surface area (Å²) in [4.78, 5) is 4.45. The first-order chi connectivity index (χ1) is 14.2. The largest absolute Gasteiger partial charge is 0.483 e. The van der Waals surface area contributed by atoms with Crippen molar-refractivity contribution in [1.29, 1.82) is 0 Å². The third-order valence-electron chi connectivity index (χ3n) is 5.26. The lowest BCUT2D eigenvalue weighted by Crippen LogP contribution is -2.32.